The molecular weight excluding hydrogens is 232 g/mol. The van der Waals surface area contributed by atoms with Gasteiger partial charge in [-0.15, -0.1) is 0 Å². The minimum atomic E-state index is -0.458. The first-order valence-electron chi connectivity index (χ1n) is 6.97. The first-order valence-corrected chi connectivity index (χ1v) is 6.97. The minimum absolute atomic E-state index is 0.283. The third-order valence-electron chi connectivity index (χ3n) is 4.45. The molecule has 2 aliphatic rings. The van der Waals surface area contributed by atoms with Gasteiger partial charge in [-0.3, -0.25) is 0 Å². The van der Waals surface area contributed by atoms with E-state index in [1.54, 1.807) is 0 Å². The number of hydrogen-bond donors (Lipinski definition) is 1. The van der Waals surface area contributed by atoms with E-state index in [2.05, 4.69) is 5.32 Å². The Bertz CT molecular complexity index is 438. The Hall–Kier alpha value is -1.12. The molecule has 98 valence electrons. The highest BCUT2D eigenvalue weighted by atomic mass is 19.1. The van der Waals surface area contributed by atoms with Crippen LogP contribution in [0.5, 0.6) is 0 Å². The van der Waals surface area contributed by atoms with Crippen LogP contribution in [0, 0.1) is 17.6 Å². The Balaban J connectivity index is 1.69. The second-order valence-corrected chi connectivity index (χ2v) is 5.66. The highest BCUT2D eigenvalue weighted by molar-refractivity contribution is 5.58. The predicted octanol–water partition coefficient (Wildman–Crippen LogP) is 4.44. The van der Waals surface area contributed by atoms with E-state index in [4.69, 9.17) is 0 Å². The van der Waals surface area contributed by atoms with Crippen LogP contribution in [0.25, 0.3) is 0 Å². The zero-order valence-electron chi connectivity index (χ0n) is 10.5. The van der Waals surface area contributed by atoms with Gasteiger partial charge in [-0.1, -0.05) is 25.7 Å². The van der Waals surface area contributed by atoms with Crippen molar-refractivity contribution in [2.75, 3.05) is 11.9 Å². The Morgan fingerprint density at radius 3 is 2.67 bits per heavy atom. The van der Waals surface area contributed by atoms with E-state index in [-0.39, 0.29) is 5.92 Å². The van der Waals surface area contributed by atoms with Crippen molar-refractivity contribution in [1.82, 2.24) is 0 Å². The van der Waals surface area contributed by atoms with E-state index in [1.807, 2.05) is 0 Å². The first kappa shape index (κ1) is 11.9. The van der Waals surface area contributed by atoms with Crippen LogP contribution in [-0.4, -0.2) is 6.54 Å². The highest BCUT2D eigenvalue weighted by Gasteiger charge is 2.27. The van der Waals surface area contributed by atoms with Gasteiger partial charge in [-0.2, -0.15) is 0 Å². The molecule has 0 spiro atoms. The summed E-state index contributed by atoms with van der Waals surface area (Å²) in [5.74, 6) is 0.215. The Morgan fingerprint density at radius 2 is 1.89 bits per heavy atom. The Morgan fingerprint density at radius 1 is 1.11 bits per heavy atom. The van der Waals surface area contributed by atoms with Crippen molar-refractivity contribution in [2.45, 2.75) is 44.4 Å². The summed E-state index contributed by atoms with van der Waals surface area (Å²) in [6.07, 6.45) is 7.63. The molecule has 1 aliphatic heterocycles. The van der Waals surface area contributed by atoms with E-state index in [0.717, 1.165) is 30.5 Å². The van der Waals surface area contributed by atoms with Crippen LogP contribution in [0.1, 0.15) is 50.0 Å². The van der Waals surface area contributed by atoms with Crippen LogP contribution < -0.4 is 5.32 Å². The summed E-state index contributed by atoms with van der Waals surface area (Å²) in [4.78, 5) is 0. The molecule has 3 rings (SSSR count). The maximum absolute atomic E-state index is 13.6. The lowest BCUT2D eigenvalue weighted by Gasteiger charge is -2.13. The van der Waals surface area contributed by atoms with E-state index >= 15 is 0 Å². The molecule has 1 N–H and O–H groups in total. The normalized spacial score (nSPS) is 23.1. The van der Waals surface area contributed by atoms with Gasteiger partial charge in [-0.05, 0) is 30.4 Å². The molecule has 1 atom stereocenters. The van der Waals surface area contributed by atoms with Crippen LogP contribution in [-0.2, 0) is 0 Å². The third kappa shape index (κ3) is 2.23. The fourth-order valence-electron chi connectivity index (χ4n) is 3.43. The molecule has 3 heteroatoms. The maximum Gasteiger partial charge on any atom is 0.149 e. The van der Waals surface area contributed by atoms with Crippen LogP contribution in [0.15, 0.2) is 12.1 Å². The van der Waals surface area contributed by atoms with Crippen molar-refractivity contribution in [3.63, 3.8) is 0 Å². The fourth-order valence-corrected chi connectivity index (χ4v) is 3.43. The summed E-state index contributed by atoms with van der Waals surface area (Å²) in [5.41, 5.74) is 1.36. The molecule has 1 saturated carbocycles. The molecular formula is C15H19F2N. The molecule has 1 nitrogen and oxygen atoms in total. The summed E-state index contributed by atoms with van der Waals surface area (Å²) in [6, 6.07) is 2.46. The average Bonchev–Trinajstić information content (AvgIpc) is 2.94. The molecule has 1 aromatic carbocycles. The molecule has 0 radical (unpaired) electrons. The molecule has 0 bridgehead atoms. The molecule has 1 heterocycles. The summed E-state index contributed by atoms with van der Waals surface area (Å²) in [7, 11) is 0. The van der Waals surface area contributed by atoms with Gasteiger partial charge in [0.15, 0.2) is 0 Å². The van der Waals surface area contributed by atoms with Crippen molar-refractivity contribution in [2.24, 2.45) is 5.92 Å². The number of benzene rings is 1. The van der Waals surface area contributed by atoms with E-state index < -0.39 is 11.6 Å². The third-order valence-corrected chi connectivity index (χ3v) is 4.45. The van der Waals surface area contributed by atoms with E-state index in [9.17, 15) is 8.78 Å². The number of fused-ring (bicyclic) bond motifs is 1. The molecule has 1 aliphatic carbocycles. The average molecular weight is 251 g/mol. The van der Waals surface area contributed by atoms with E-state index in [0.29, 0.717) is 5.69 Å². The van der Waals surface area contributed by atoms with Crippen molar-refractivity contribution in [3.05, 3.63) is 29.3 Å². The SMILES string of the molecule is Fc1cc(F)c2c(c1)C(CCC1CCCC1)CN2. The lowest BCUT2D eigenvalue weighted by Crippen LogP contribution is -2.04. The zero-order valence-corrected chi connectivity index (χ0v) is 10.5. The molecule has 0 saturated heterocycles. The standard InChI is InChI=1S/C15H19F2N/c16-12-7-13-11(6-5-10-3-1-2-4-10)9-18-15(13)14(17)8-12/h7-8,10-11,18H,1-6,9H2. The molecule has 18 heavy (non-hydrogen) atoms. The summed E-state index contributed by atoms with van der Waals surface area (Å²) in [6.45, 7) is 0.752. The van der Waals surface area contributed by atoms with Crippen molar-refractivity contribution in [1.29, 1.82) is 0 Å². The van der Waals surface area contributed by atoms with Crippen LogP contribution >= 0.6 is 0 Å². The van der Waals surface area contributed by atoms with Gasteiger partial charge in [0, 0.05) is 18.5 Å². The second-order valence-electron chi connectivity index (χ2n) is 5.66. The van der Waals surface area contributed by atoms with Crippen LogP contribution in [0.3, 0.4) is 0 Å². The largest absolute Gasteiger partial charge is 0.382 e. The Labute approximate surface area is 107 Å². The Kier molecular flexibility index (Phi) is 3.23. The predicted molar refractivity (Wildman–Crippen MR) is 68.8 cm³/mol. The van der Waals surface area contributed by atoms with Gasteiger partial charge in [-0.25, -0.2) is 8.78 Å². The topological polar surface area (TPSA) is 12.0 Å². The number of hydrogen-bond acceptors (Lipinski definition) is 1. The molecule has 1 unspecified atom stereocenters. The second kappa shape index (κ2) is 4.87. The summed E-state index contributed by atoms with van der Waals surface area (Å²) in [5, 5.41) is 3.08. The summed E-state index contributed by atoms with van der Waals surface area (Å²) < 4.78 is 26.8. The number of halogens is 2. The lowest BCUT2D eigenvalue weighted by atomic mass is 9.91. The van der Waals surface area contributed by atoms with Gasteiger partial charge >= 0.3 is 0 Å². The maximum atomic E-state index is 13.6. The number of nitrogens with one attached hydrogen (secondary N) is 1. The van der Waals surface area contributed by atoms with Gasteiger partial charge < -0.3 is 5.32 Å². The van der Waals surface area contributed by atoms with Gasteiger partial charge in [0.05, 0.1) is 5.69 Å². The quantitative estimate of drug-likeness (QED) is 0.837. The molecule has 1 aromatic rings. The number of rotatable bonds is 3. The van der Waals surface area contributed by atoms with E-state index in [1.165, 1.54) is 38.2 Å². The van der Waals surface area contributed by atoms with Gasteiger partial charge in [0.25, 0.3) is 0 Å². The lowest BCUT2D eigenvalue weighted by molar-refractivity contribution is 0.459. The van der Waals surface area contributed by atoms with Crippen LogP contribution in [0.4, 0.5) is 14.5 Å². The fraction of sp³-hybridized carbons (Fsp3) is 0.600. The minimum Gasteiger partial charge on any atom is -0.382 e. The van der Waals surface area contributed by atoms with Crippen molar-refractivity contribution in [3.8, 4) is 0 Å². The molecule has 1 fully saturated rings. The van der Waals surface area contributed by atoms with Gasteiger partial charge in [0.1, 0.15) is 11.6 Å². The monoisotopic (exact) mass is 251 g/mol. The summed E-state index contributed by atoms with van der Waals surface area (Å²) >= 11 is 0. The number of anilines is 1. The smallest absolute Gasteiger partial charge is 0.149 e. The molecule has 0 amide bonds. The highest BCUT2D eigenvalue weighted by Crippen LogP contribution is 2.39. The van der Waals surface area contributed by atoms with Crippen molar-refractivity contribution < 1.29 is 8.78 Å². The first-order chi connectivity index (χ1) is 8.74. The van der Waals surface area contributed by atoms with Crippen molar-refractivity contribution >= 4 is 5.69 Å². The van der Waals surface area contributed by atoms with Crippen LogP contribution in [0.2, 0.25) is 0 Å². The zero-order chi connectivity index (χ0) is 12.5. The molecule has 0 aromatic heterocycles. The van der Waals surface area contributed by atoms with Gasteiger partial charge in [0.2, 0.25) is 0 Å².